The van der Waals surface area contributed by atoms with Crippen molar-refractivity contribution in [2.75, 3.05) is 13.1 Å². The number of likely N-dealkylation sites (tertiary alicyclic amines) is 1. The molecule has 28 heavy (non-hydrogen) atoms. The van der Waals surface area contributed by atoms with Gasteiger partial charge in [0.2, 0.25) is 0 Å². The first-order chi connectivity index (χ1) is 13.5. The van der Waals surface area contributed by atoms with E-state index in [1.54, 1.807) is 23.2 Å². The van der Waals surface area contributed by atoms with Crippen LogP contribution in [0.25, 0.3) is 11.5 Å². The maximum absolute atomic E-state index is 13.9. The second-order valence-electron chi connectivity index (χ2n) is 7.16. The van der Waals surface area contributed by atoms with Crippen LogP contribution in [0.15, 0.2) is 42.7 Å². The van der Waals surface area contributed by atoms with Crippen LogP contribution >= 0.6 is 0 Å². The molecular formula is C21H22FN5O. The monoisotopic (exact) mass is 379 g/mol. The van der Waals surface area contributed by atoms with Crippen LogP contribution in [0, 0.1) is 12.7 Å². The second kappa shape index (κ2) is 7.50. The summed E-state index contributed by atoms with van der Waals surface area (Å²) in [5.74, 6) is 1.03. The zero-order chi connectivity index (χ0) is 19.7. The fourth-order valence-corrected chi connectivity index (χ4v) is 3.65. The van der Waals surface area contributed by atoms with E-state index in [-0.39, 0.29) is 17.4 Å². The molecule has 144 valence electrons. The van der Waals surface area contributed by atoms with Gasteiger partial charge in [0.15, 0.2) is 5.82 Å². The molecule has 4 rings (SSSR count). The van der Waals surface area contributed by atoms with E-state index in [0.29, 0.717) is 13.1 Å². The molecule has 1 aliphatic rings. The average molecular weight is 379 g/mol. The summed E-state index contributed by atoms with van der Waals surface area (Å²) in [4.78, 5) is 28.1. The quantitative estimate of drug-likeness (QED) is 0.700. The van der Waals surface area contributed by atoms with Gasteiger partial charge in [-0.15, -0.1) is 0 Å². The molecule has 1 fully saturated rings. The normalized spacial score (nSPS) is 15.0. The van der Waals surface area contributed by atoms with Crippen LogP contribution < -0.4 is 0 Å². The lowest BCUT2D eigenvalue weighted by Gasteiger charge is -2.31. The van der Waals surface area contributed by atoms with Gasteiger partial charge >= 0.3 is 0 Å². The molecule has 3 aromatic rings. The molecule has 0 spiro atoms. The Morgan fingerprint density at radius 3 is 2.61 bits per heavy atom. The maximum Gasteiger partial charge on any atom is 0.256 e. The zero-order valence-electron chi connectivity index (χ0n) is 16.0. The number of carbonyl (C=O) groups is 1. The molecule has 2 aromatic heterocycles. The minimum absolute atomic E-state index is 0.129. The number of hydrogen-bond acceptors (Lipinski definition) is 4. The number of nitrogens with zero attached hydrogens (tertiary/aromatic N) is 5. The van der Waals surface area contributed by atoms with Crippen LogP contribution in [0.4, 0.5) is 4.39 Å². The number of benzene rings is 1. The highest BCUT2D eigenvalue weighted by Gasteiger charge is 2.27. The summed E-state index contributed by atoms with van der Waals surface area (Å²) in [6.45, 7) is 3.08. The van der Waals surface area contributed by atoms with Gasteiger partial charge in [-0.05, 0) is 38.0 Å². The summed E-state index contributed by atoms with van der Waals surface area (Å²) in [7, 11) is 1.94. The van der Waals surface area contributed by atoms with Crippen molar-refractivity contribution in [3.63, 3.8) is 0 Å². The first-order valence-corrected chi connectivity index (χ1v) is 9.40. The number of aryl methyl sites for hydroxylation is 2. The second-order valence-corrected chi connectivity index (χ2v) is 7.16. The molecule has 0 saturated carbocycles. The number of amides is 1. The lowest BCUT2D eigenvalue weighted by Crippen LogP contribution is -2.38. The summed E-state index contributed by atoms with van der Waals surface area (Å²) in [5, 5.41) is 0. The molecule has 0 bridgehead atoms. The summed E-state index contributed by atoms with van der Waals surface area (Å²) in [6, 6.07) is 8.06. The minimum atomic E-state index is -0.476. The molecule has 0 radical (unpaired) electrons. The number of halogens is 1. The molecule has 0 unspecified atom stereocenters. The van der Waals surface area contributed by atoms with Crippen molar-refractivity contribution in [1.82, 2.24) is 24.4 Å². The van der Waals surface area contributed by atoms with Crippen molar-refractivity contribution in [1.29, 1.82) is 0 Å². The highest BCUT2D eigenvalue weighted by molar-refractivity contribution is 5.94. The number of piperidine rings is 1. The van der Waals surface area contributed by atoms with Crippen molar-refractivity contribution < 1.29 is 9.18 Å². The number of carbonyl (C=O) groups excluding carboxylic acids is 1. The van der Waals surface area contributed by atoms with Crippen LogP contribution in [0.3, 0.4) is 0 Å². The Balaban J connectivity index is 1.50. The number of imidazole rings is 1. The summed E-state index contributed by atoms with van der Waals surface area (Å²) >= 11 is 0. The molecule has 0 N–H and O–H groups in total. The molecule has 0 atom stereocenters. The van der Waals surface area contributed by atoms with E-state index < -0.39 is 5.82 Å². The molecular weight excluding hydrogens is 357 g/mol. The van der Waals surface area contributed by atoms with Crippen molar-refractivity contribution in [2.24, 2.45) is 7.05 Å². The molecule has 1 aromatic carbocycles. The number of hydrogen-bond donors (Lipinski definition) is 0. The van der Waals surface area contributed by atoms with Gasteiger partial charge in [-0.3, -0.25) is 4.79 Å². The van der Waals surface area contributed by atoms with Crippen LogP contribution in [0.2, 0.25) is 0 Å². The van der Waals surface area contributed by atoms with Gasteiger partial charge in [0.1, 0.15) is 17.3 Å². The lowest BCUT2D eigenvalue weighted by molar-refractivity contribution is 0.0706. The third kappa shape index (κ3) is 3.52. The number of rotatable bonds is 3. The largest absolute Gasteiger partial charge is 0.339 e. The van der Waals surface area contributed by atoms with Gasteiger partial charge < -0.3 is 9.47 Å². The van der Waals surface area contributed by atoms with E-state index in [0.717, 1.165) is 35.9 Å². The fourth-order valence-electron chi connectivity index (χ4n) is 3.65. The van der Waals surface area contributed by atoms with Crippen molar-refractivity contribution in [3.05, 3.63) is 65.6 Å². The van der Waals surface area contributed by atoms with Gasteiger partial charge in [0.25, 0.3) is 5.91 Å². The van der Waals surface area contributed by atoms with Crippen molar-refractivity contribution >= 4 is 5.91 Å². The fraction of sp³-hybridized carbons (Fsp3) is 0.333. The first-order valence-electron chi connectivity index (χ1n) is 9.40. The van der Waals surface area contributed by atoms with Crippen LogP contribution in [0.5, 0.6) is 0 Å². The minimum Gasteiger partial charge on any atom is -0.339 e. The van der Waals surface area contributed by atoms with Crippen molar-refractivity contribution in [2.45, 2.75) is 25.7 Å². The molecule has 3 heterocycles. The van der Waals surface area contributed by atoms with E-state index >= 15 is 0 Å². The molecule has 0 aliphatic carbocycles. The smallest absolute Gasteiger partial charge is 0.256 e. The maximum atomic E-state index is 13.9. The Morgan fingerprint density at radius 2 is 1.93 bits per heavy atom. The van der Waals surface area contributed by atoms with Gasteiger partial charge in [0, 0.05) is 44.1 Å². The molecule has 6 nitrogen and oxygen atoms in total. The zero-order valence-corrected chi connectivity index (χ0v) is 16.0. The van der Waals surface area contributed by atoms with E-state index in [9.17, 15) is 9.18 Å². The summed E-state index contributed by atoms with van der Waals surface area (Å²) in [5.41, 5.74) is 1.83. The Labute approximate surface area is 163 Å². The molecule has 1 saturated heterocycles. The van der Waals surface area contributed by atoms with Gasteiger partial charge in [-0.25, -0.2) is 19.3 Å². The molecule has 1 aliphatic heterocycles. The number of aromatic nitrogens is 4. The Hall–Kier alpha value is -3.09. The van der Waals surface area contributed by atoms with Crippen molar-refractivity contribution in [3.8, 4) is 11.5 Å². The third-order valence-corrected chi connectivity index (χ3v) is 5.17. The Bertz CT molecular complexity index is 1010. The topological polar surface area (TPSA) is 63.9 Å². The molecule has 7 heteroatoms. The van der Waals surface area contributed by atoms with Crippen LogP contribution in [0.1, 0.15) is 40.6 Å². The molecule has 1 amide bonds. The standard InChI is InChI=1S/C21H22FN5O/c1-14-13-18(20-23-9-12-26(20)2)25-19(24-14)15-7-10-27(11-8-15)21(28)16-5-3-4-6-17(16)22/h3-6,9,12-13,15H,7-8,10-11H2,1-2H3. The SMILES string of the molecule is Cc1cc(-c2nccn2C)nc(C2CCN(C(=O)c3ccccc3F)CC2)n1. The first kappa shape index (κ1) is 18.3. The van der Waals surface area contributed by atoms with Crippen LogP contribution in [-0.4, -0.2) is 43.4 Å². The lowest BCUT2D eigenvalue weighted by atomic mass is 9.95. The predicted octanol–water partition coefficient (Wildman–Crippen LogP) is 3.34. The summed E-state index contributed by atoms with van der Waals surface area (Å²) < 4.78 is 15.8. The average Bonchev–Trinajstić information content (AvgIpc) is 3.13. The Morgan fingerprint density at radius 1 is 1.18 bits per heavy atom. The third-order valence-electron chi connectivity index (χ3n) is 5.17. The van der Waals surface area contributed by atoms with Gasteiger partial charge in [-0.1, -0.05) is 12.1 Å². The summed E-state index contributed by atoms with van der Waals surface area (Å²) in [6.07, 6.45) is 5.14. The predicted molar refractivity (Wildman–Crippen MR) is 103 cm³/mol. The highest BCUT2D eigenvalue weighted by Crippen LogP contribution is 2.28. The van der Waals surface area contributed by atoms with Crippen LogP contribution in [-0.2, 0) is 7.05 Å². The van der Waals surface area contributed by atoms with Gasteiger partial charge in [-0.2, -0.15) is 0 Å². The highest BCUT2D eigenvalue weighted by atomic mass is 19.1. The Kier molecular flexibility index (Phi) is 4.90. The van der Waals surface area contributed by atoms with Gasteiger partial charge in [0.05, 0.1) is 5.56 Å². The van der Waals surface area contributed by atoms with E-state index in [1.165, 1.54) is 12.1 Å². The van der Waals surface area contributed by atoms with E-state index in [1.807, 2.05) is 30.8 Å². The van der Waals surface area contributed by atoms with E-state index in [4.69, 9.17) is 4.98 Å². The van der Waals surface area contributed by atoms with E-state index in [2.05, 4.69) is 9.97 Å².